The van der Waals surface area contributed by atoms with E-state index in [1.165, 1.54) is 7.11 Å². The van der Waals surface area contributed by atoms with Gasteiger partial charge in [0.05, 0.1) is 12.4 Å². The molecule has 0 bridgehead atoms. The number of hydrogen-bond acceptors (Lipinski definition) is 5. The van der Waals surface area contributed by atoms with Crippen molar-refractivity contribution in [3.8, 4) is 0 Å². The van der Waals surface area contributed by atoms with Gasteiger partial charge in [-0.2, -0.15) is 0 Å². The first kappa shape index (κ1) is 9.92. The molecule has 0 aromatic heterocycles. The van der Waals surface area contributed by atoms with Crippen LogP contribution in [0.25, 0.3) is 0 Å². The van der Waals surface area contributed by atoms with Gasteiger partial charge in [-0.15, -0.1) is 0 Å². The van der Waals surface area contributed by atoms with Crippen molar-refractivity contribution in [1.82, 2.24) is 5.32 Å². The Bertz CT molecular complexity index is 350. The summed E-state index contributed by atoms with van der Waals surface area (Å²) >= 11 is 0. The van der Waals surface area contributed by atoms with Crippen LogP contribution in [-0.4, -0.2) is 45.1 Å². The number of fused-ring (bicyclic) bond motifs is 1. The van der Waals surface area contributed by atoms with E-state index in [1.54, 1.807) is 0 Å². The molecular weight excluding hydrogens is 206 g/mol. The Hall–Kier alpha value is -0.620. The molecule has 0 radical (unpaired) electrons. The van der Waals surface area contributed by atoms with Gasteiger partial charge in [0.1, 0.15) is 0 Å². The third-order valence-electron chi connectivity index (χ3n) is 3.08. The van der Waals surface area contributed by atoms with Gasteiger partial charge < -0.3 is 10.1 Å². The molecule has 6 heteroatoms. The van der Waals surface area contributed by atoms with Crippen LogP contribution >= 0.6 is 0 Å². The summed E-state index contributed by atoms with van der Waals surface area (Å²) in [6, 6.07) is 0. The number of carbonyl (C=O) groups is 1. The van der Waals surface area contributed by atoms with Gasteiger partial charge in [0.2, 0.25) is 0 Å². The van der Waals surface area contributed by atoms with Crippen LogP contribution in [0.4, 0.5) is 0 Å². The summed E-state index contributed by atoms with van der Waals surface area (Å²) in [5, 5.41) is 1.72. The van der Waals surface area contributed by atoms with Crippen molar-refractivity contribution >= 4 is 15.8 Å². The lowest BCUT2D eigenvalue weighted by atomic mass is 10.0. The highest BCUT2D eigenvalue weighted by atomic mass is 32.2. The van der Waals surface area contributed by atoms with Crippen LogP contribution in [0.3, 0.4) is 0 Å². The predicted molar refractivity (Wildman–Crippen MR) is 49.5 cm³/mol. The Labute approximate surface area is 82.7 Å². The molecular formula is C8H13NO4S. The second-order valence-electron chi connectivity index (χ2n) is 3.79. The average Bonchev–Trinajstić information content (AvgIpc) is 2.68. The zero-order valence-electron chi connectivity index (χ0n) is 7.89. The number of sulfone groups is 1. The van der Waals surface area contributed by atoms with Gasteiger partial charge in [-0.1, -0.05) is 0 Å². The molecule has 0 aliphatic carbocycles. The second-order valence-corrected chi connectivity index (χ2v) is 6.15. The molecule has 0 aromatic rings. The number of rotatable bonds is 1. The van der Waals surface area contributed by atoms with Gasteiger partial charge in [-0.3, -0.25) is 4.79 Å². The van der Waals surface area contributed by atoms with Crippen molar-refractivity contribution in [1.29, 1.82) is 0 Å². The van der Waals surface area contributed by atoms with Crippen molar-refractivity contribution in [2.45, 2.75) is 16.9 Å². The van der Waals surface area contributed by atoms with Crippen LogP contribution in [0.5, 0.6) is 0 Å². The Morgan fingerprint density at radius 2 is 2.14 bits per heavy atom. The van der Waals surface area contributed by atoms with Gasteiger partial charge in [0.25, 0.3) is 0 Å². The van der Waals surface area contributed by atoms with Gasteiger partial charge in [-0.25, -0.2) is 8.42 Å². The number of nitrogens with one attached hydrogen (secondary N) is 1. The molecule has 0 saturated carbocycles. The molecule has 14 heavy (non-hydrogen) atoms. The van der Waals surface area contributed by atoms with Crippen molar-refractivity contribution < 1.29 is 17.9 Å². The van der Waals surface area contributed by atoms with E-state index >= 15 is 0 Å². The third-order valence-corrected chi connectivity index (χ3v) is 5.65. The fraction of sp³-hybridized carbons (Fsp3) is 0.875. The van der Waals surface area contributed by atoms with Crippen LogP contribution in [0.15, 0.2) is 0 Å². The van der Waals surface area contributed by atoms with Gasteiger partial charge >= 0.3 is 5.97 Å². The van der Waals surface area contributed by atoms with Crippen LogP contribution in [0, 0.1) is 5.92 Å². The minimum atomic E-state index is -3.31. The lowest BCUT2D eigenvalue weighted by Crippen LogP contribution is -2.33. The van der Waals surface area contributed by atoms with Crippen LogP contribution in [0.1, 0.15) is 6.42 Å². The van der Waals surface area contributed by atoms with E-state index in [9.17, 15) is 13.2 Å². The summed E-state index contributed by atoms with van der Waals surface area (Å²) in [6.07, 6.45) is 0.409. The van der Waals surface area contributed by atoms with Gasteiger partial charge in [0, 0.05) is 6.54 Å². The molecule has 0 aromatic carbocycles. The summed E-state index contributed by atoms with van der Waals surface area (Å²) < 4.78 is 28.2. The number of hydrogen-bond donors (Lipinski definition) is 1. The Morgan fingerprint density at radius 3 is 2.71 bits per heavy atom. The monoisotopic (exact) mass is 219 g/mol. The maximum Gasteiger partial charge on any atom is 0.324 e. The van der Waals surface area contributed by atoms with Crippen molar-refractivity contribution in [3.63, 3.8) is 0 Å². The van der Waals surface area contributed by atoms with Gasteiger partial charge in [-0.05, 0) is 18.9 Å². The quantitative estimate of drug-likeness (QED) is 0.569. The molecule has 2 aliphatic heterocycles. The third kappa shape index (κ3) is 1.25. The van der Waals surface area contributed by atoms with Crippen molar-refractivity contribution in [3.05, 3.63) is 0 Å². The van der Waals surface area contributed by atoms with Crippen molar-refractivity contribution in [2.75, 3.05) is 20.2 Å². The highest BCUT2D eigenvalue weighted by Gasteiger charge is 2.53. The fourth-order valence-corrected chi connectivity index (χ4v) is 4.71. The highest BCUT2D eigenvalue weighted by Crippen LogP contribution is 2.35. The zero-order chi connectivity index (χ0) is 10.3. The predicted octanol–water partition coefficient (Wildman–Crippen LogP) is -1.07. The number of carbonyl (C=O) groups excluding carboxylic acids is 1. The van der Waals surface area contributed by atoms with E-state index < -0.39 is 21.1 Å². The molecule has 2 saturated heterocycles. The Morgan fingerprint density at radius 1 is 1.43 bits per heavy atom. The van der Waals surface area contributed by atoms with E-state index in [4.69, 9.17) is 0 Å². The smallest absolute Gasteiger partial charge is 0.324 e. The molecule has 0 spiro atoms. The van der Waals surface area contributed by atoms with E-state index in [2.05, 4.69) is 10.1 Å². The average molecular weight is 219 g/mol. The molecule has 2 aliphatic rings. The Balaban J connectivity index is 2.28. The first-order chi connectivity index (χ1) is 6.57. The first-order valence-electron chi connectivity index (χ1n) is 4.58. The SMILES string of the molecule is COC(=O)C1C[C@H]2CNC[C@H]2S1(=O)=O. The maximum absolute atomic E-state index is 11.8. The highest BCUT2D eigenvalue weighted by molar-refractivity contribution is 7.93. The second kappa shape index (κ2) is 3.20. The molecule has 5 nitrogen and oxygen atoms in total. The zero-order valence-corrected chi connectivity index (χ0v) is 8.71. The summed E-state index contributed by atoms with van der Waals surface area (Å²) in [5.41, 5.74) is 0. The van der Waals surface area contributed by atoms with E-state index in [-0.39, 0.29) is 11.2 Å². The maximum atomic E-state index is 11.8. The molecule has 80 valence electrons. The Kier molecular flexibility index (Phi) is 2.27. The van der Waals surface area contributed by atoms with Crippen LogP contribution in [0.2, 0.25) is 0 Å². The standard InChI is InChI=1S/C8H13NO4S/c1-13-8(10)6-2-5-3-9-4-7(5)14(6,11)12/h5-7,9H,2-4H2,1H3/t5-,6?,7+/m0/s1. The summed E-state index contributed by atoms with van der Waals surface area (Å²) in [4.78, 5) is 11.2. The molecule has 1 unspecified atom stereocenters. The molecule has 0 amide bonds. The van der Waals surface area contributed by atoms with E-state index in [1.807, 2.05) is 0 Å². The molecule has 2 heterocycles. The summed E-state index contributed by atoms with van der Waals surface area (Å²) in [7, 11) is -2.09. The topological polar surface area (TPSA) is 72.5 Å². The van der Waals surface area contributed by atoms with Crippen molar-refractivity contribution in [2.24, 2.45) is 5.92 Å². The minimum Gasteiger partial charge on any atom is -0.468 e. The molecule has 2 fully saturated rings. The largest absolute Gasteiger partial charge is 0.468 e. The molecule has 3 atom stereocenters. The first-order valence-corrected chi connectivity index (χ1v) is 6.19. The number of ether oxygens (including phenoxy) is 1. The van der Waals surface area contributed by atoms with Gasteiger partial charge in [0.15, 0.2) is 15.1 Å². The number of methoxy groups -OCH3 is 1. The fourth-order valence-electron chi connectivity index (χ4n) is 2.31. The lowest BCUT2D eigenvalue weighted by Gasteiger charge is -2.09. The minimum absolute atomic E-state index is 0.0871. The summed E-state index contributed by atoms with van der Waals surface area (Å²) in [6.45, 7) is 1.16. The van der Waals surface area contributed by atoms with E-state index in [0.29, 0.717) is 19.5 Å². The van der Waals surface area contributed by atoms with Crippen LogP contribution in [-0.2, 0) is 19.4 Å². The summed E-state index contributed by atoms with van der Waals surface area (Å²) in [5.74, 6) is -0.525. The number of esters is 1. The normalized spacial score (nSPS) is 39.4. The van der Waals surface area contributed by atoms with Crippen LogP contribution < -0.4 is 5.32 Å². The molecule has 2 rings (SSSR count). The lowest BCUT2D eigenvalue weighted by molar-refractivity contribution is -0.140. The van der Waals surface area contributed by atoms with E-state index in [0.717, 1.165) is 0 Å². The molecule has 1 N–H and O–H groups in total.